The Balaban J connectivity index is 2.20. The molecule has 3 nitrogen and oxygen atoms in total. The van der Waals surface area contributed by atoms with Crippen molar-refractivity contribution in [2.24, 2.45) is 0 Å². The van der Waals surface area contributed by atoms with Gasteiger partial charge in [0.1, 0.15) is 11.8 Å². The highest BCUT2D eigenvalue weighted by molar-refractivity contribution is 6.33. The summed E-state index contributed by atoms with van der Waals surface area (Å²) in [6.07, 6.45) is 1.61. The van der Waals surface area contributed by atoms with Crippen molar-refractivity contribution < 1.29 is 0 Å². The smallest absolute Gasteiger partial charge is 0.145 e. The Morgan fingerprint density at radius 2 is 2.17 bits per heavy atom. The molecule has 2 aromatic rings. The molecule has 0 atom stereocenters. The average molecular weight is 258 g/mol. The van der Waals surface area contributed by atoms with Crippen molar-refractivity contribution in [1.82, 2.24) is 4.98 Å². The van der Waals surface area contributed by atoms with E-state index < -0.39 is 0 Å². The lowest BCUT2D eigenvalue weighted by atomic mass is 10.1. The maximum atomic E-state index is 8.96. The molecule has 2 rings (SSSR count). The number of aromatic nitrogens is 1. The Kier molecular flexibility index (Phi) is 3.81. The van der Waals surface area contributed by atoms with Gasteiger partial charge in [-0.2, -0.15) is 5.26 Å². The van der Waals surface area contributed by atoms with Gasteiger partial charge in [0.05, 0.1) is 10.7 Å². The quantitative estimate of drug-likeness (QED) is 0.915. The van der Waals surface area contributed by atoms with E-state index in [1.807, 2.05) is 37.3 Å². The first-order chi connectivity index (χ1) is 8.72. The van der Waals surface area contributed by atoms with Crippen LogP contribution in [-0.4, -0.2) is 4.98 Å². The first-order valence-electron chi connectivity index (χ1n) is 5.55. The number of aryl methyl sites for hydroxylation is 1. The van der Waals surface area contributed by atoms with E-state index in [1.54, 1.807) is 6.20 Å². The summed E-state index contributed by atoms with van der Waals surface area (Å²) in [5.41, 5.74) is 3.27. The molecule has 0 bridgehead atoms. The minimum Gasteiger partial charge on any atom is -0.379 e. The van der Waals surface area contributed by atoms with E-state index >= 15 is 0 Å². The van der Waals surface area contributed by atoms with Gasteiger partial charge >= 0.3 is 0 Å². The van der Waals surface area contributed by atoms with Gasteiger partial charge in [0.25, 0.3) is 0 Å². The van der Waals surface area contributed by atoms with Gasteiger partial charge in [-0.25, -0.2) is 4.98 Å². The third-order valence-electron chi connectivity index (χ3n) is 2.67. The highest BCUT2D eigenvalue weighted by Crippen LogP contribution is 2.25. The molecule has 0 unspecified atom stereocenters. The van der Waals surface area contributed by atoms with Crippen LogP contribution in [0.1, 0.15) is 16.8 Å². The van der Waals surface area contributed by atoms with Crippen LogP contribution < -0.4 is 5.32 Å². The van der Waals surface area contributed by atoms with Gasteiger partial charge in [0, 0.05) is 18.3 Å². The molecule has 0 amide bonds. The number of nitrogens with one attached hydrogen (secondary N) is 1. The van der Waals surface area contributed by atoms with Crippen LogP contribution in [0.2, 0.25) is 5.02 Å². The second kappa shape index (κ2) is 5.52. The second-order valence-electron chi connectivity index (χ2n) is 3.91. The van der Waals surface area contributed by atoms with Crippen molar-refractivity contribution in [3.8, 4) is 6.07 Å². The summed E-state index contributed by atoms with van der Waals surface area (Å²) in [5, 5.41) is 12.9. The molecule has 0 fully saturated rings. The average Bonchev–Trinajstić information content (AvgIpc) is 2.38. The van der Waals surface area contributed by atoms with E-state index in [9.17, 15) is 0 Å². The molecule has 0 saturated heterocycles. The number of anilines is 1. The van der Waals surface area contributed by atoms with Crippen LogP contribution in [0.5, 0.6) is 0 Å². The van der Waals surface area contributed by atoms with Gasteiger partial charge in [-0.05, 0) is 24.6 Å². The molecule has 1 aromatic carbocycles. The van der Waals surface area contributed by atoms with Crippen LogP contribution in [0.4, 0.5) is 5.69 Å². The molecule has 0 aliphatic carbocycles. The highest BCUT2D eigenvalue weighted by Gasteiger charge is 2.05. The summed E-state index contributed by atoms with van der Waals surface area (Å²) < 4.78 is 0. The number of para-hydroxylation sites is 1. The van der Waals surface area contributed by atoms with Crippen molar-refractivity contribution in [2.45, 2.75) is 13.5 Å². The molecule has 0 aliphatic rings. The summed E-state index contributed by atoms with van der Waals surface area (Å²) in [6.45, 7) is 2.52. The number of hydrogen-bond acceptors (Lipinski definition) is 3. The van der Waals surface area contributed by atoms with Crippen LogP contribution in [-0.2, 0) is 6.54 Å². The van der Waals surface area contributed by atoms with Gasteiger partial charge in [-0.3, -0.25) is 0 Å². The Morgan fingerprint density at radius 1 is 1.33 bits per heavy atom. The van der Waals surface area contributed by atoms with Crippen molar-refractivity contribution in [2.75, 3.05) is 5.32 Å². The summed E-state index contributed by atoms with van der Waals surface area (Å²) >= 11 is 6.13. The van der Waals surface area contributed by atoms with Crippen molar-refractivity contribution in [3.05, 3.63) is 58.4 Å². The van der Waals surface area contributed by atoms with Gasteiger partial charge in [-0.1, -0.05) is 29.8 Å². The fraction of sp³-hybridized carbons (Fsp3) is 0.143. The fourth-order valence-electron chi connectivity index (χ4n) is 1.72. The lowest BCUT2D eigenvalue weighted by Crippen LogP contribution is -2.04. The van der Waals surface area contributed by atoms with Crippen LogP contribution in [0.25, 0.3) is 0 Å². The zero-order chi connectivity index (χ0) is 13.0. The maximum Gasteiger partial charge on any atom is 0.145 e. The first kappa shape index (κ1) is 12.4. The summed E-state index contributed by atoms with van der Waals surface area (Å²) in [7, 11) is 0. The summed E-state index contributed by atoms with van der Waals surface area (Å²) in [4.78, 5) is 4.02. The molecule has 4 heteroatoms. The van der Waals surface area contributed by atoms with E-state index in [0.717, 1.165) is 16.8 Å². The van der Waals surface area contributed by atoms with Gasteiger partial charge in [0.2, 0.25) is 0 Å². The number of nitrogens with zero attached hydrogens (tertiary/aromatic N) is 2. The summed E-state index contributed by atoms with van der Waals surface area (Å²) in [6, 6.07) is 11.5. The van der Waals surface area contributed by atoms with E-state index in [1.165, 1.54) is 0 Å². The highest BCUT2D eigenvalue weighted by atomic mass is 35.5. The number of benzene rings is 1. The molecule has 1 heterocycles. The first-order valence-corrected chi connectivity index (χ1v) is 5.93. The van der Waals surface area contributed by atoms with Crippen LogP contribution >= 0.6 is 11.6 Å². The van der Waals surface area contributed by atoms with Crippen LogP contribution in [0, 0.1) is 18.3 Å². The SMILES string of the molecule is Cc1cccc(Cl)c1NCc1cccnc1C#N. The van der Waals surface area contributed by atoms with Crippen molar-refractivity contribution >= 4 is 17.3 Å². The van der Waals surface area contributed by atoms with E-state index in [-0.39, 0.29) is 0 Å². The van der Waals surface area contributed by atoms with Gasteiger partial charge in [-0.15, -0.1) is 0 Å². The standard InChI is InChI=1S/C14H12ClN3/c1-10-4-2-6-12(15)14(10)18-9-11-5-3-7-17-13(11)8-16/h2-7,18H,9H2,1H3. The Labute approximate surface area is 111 Å². The van der Waals surface area contributed by atoms with Crippen molar-refractivity contribution in [1.29, 1.82) is 5.26 Å². The Hall–Kier alpha value is -2.05. The molecule has 0 spiro atoms. The van der Waals surface area contributed by atoms with Gasteiger partial charge < -0.3 is 5.32 Å². The molecule has 0 saturated carbocycles. The summed E-state index contributed by atoms with van der Waals surface area (Å²) in [5.74, 6) is 0. The largest absolute Gasteiger partial charge is 0.379 e. The van der Waals surface area contributed by atoms with E-state index in [4.69, 9.17) is 16.9 Å². The van der Waals surface area contributed by atoms with Crippen molar-refractivity contribution in [3.63, 3.8) is 0 Å². The lowest BCUT2D eigenvalue weighted by Gasteiger charge is -2.11. The van der Waals surface area contributed by atoms with Crippen LogP contribution in [0.15, 0.2) is 36.5 Å². The number of halogens is 1. The zero-order valence-electron chi connectivity index (χ0n) is 9.94. The minimum absolute atomic E-state index is 0.440. The Morgan fingerprint density at radius 3 is 2.89 bits per heavy atom. The van der Waals surface area contributed by atoms with E-state index in [2.05, 4.69) is 16.4 Å². The molecule has 1 aromatic heterocycles. The van der Waals surface area contributed by atoms with Gasteiger partial charge in [0.15, 0.2) is 0 Å². The minimum atomic E-state index is 0.440. The molecule has 90 valence electrons. The Bertz CT molecular complexity index is 582. The molecule has 18 heavy (non-hydrogen) atoms. The lowest BCUT2D eigenvalue weighted by molar-refractivity contribution is 1.08. The fourth-order valence-corrected chi connectivity index (χ4v) is 2.01. The van der Waals surface area contributed by atoms with Crippen LogP contribution in [0.3, 0.4) is 0 Å². The topological polar surface area (TPSA) is 48.7 Å². The number of rotatable bonds is 3. The molecular weight excluding hydrogens is 246 g/mol. The monoisotopic (exact) mass is 257 g/mol. The predicted octanol–water partition coefficient (Wildman–Crippen LogP) is 3.53. The maximum absolute atomic E-state index is 8.96. The molecule has 0 aliphatic heterocycles. The third-order valence-corrected chi connectivity index (χ3v) is 2.99. The number of hydrogen-bond donors (Lipinski definition) is 1. The molecular formula is C14H12ClN3. The number of nitriles is 1. The molecule has 1 N–H and O–H groups in total. The predicted molar refractivity (Wildman–Crippen MR) is 72.5 cm³/mol. The normalized spacial score (nSPS) is 9.83. The third kappa shape index (κ3) is 2.61. The molecule has 0 radical (unpaired) electrons. The van der Waals surface area contributed by atoms with E-state index in [0.29, 0.717) is 17.3 Å². The second-order valence-corrected chi connectivity index (χ2v) is 4.32. The number of pyridine rings is 1. The zero-order valence-corrected chi connectivity index (χ0v) is 10.7.